The minimum Gasteiger partial charge on any atom is -0.512 e. The van der Waals surface area contributed by atoms with Crippen molar-refractivity contribution < 1.29 is 19.4 Å². The highest BCUT2D eigenvalue weighted by molar-refractivity contribution is 5.87. The van der Waals surface area contributed by atoms with Crippen LogP contribution < -0.4 is 0 Å². The molecular formula is C49H54N2O4. The molecule has 6 nitrogen and oxygen atoms in total. The van der Waals surface area contributed by atoms with Gasteiger partial charge in [-0.25, -0.2) is 9.97 Å². The summed E-state index contributed by atoms with van der Waals surface area (Å²) >= 11 is 0. The number of unbranched alkanes of at least 4 members (excludes halogenated alkanes) is 6. The number of allylic oxidation sites excluding steroid dienone is 2. The van der Waals surface area contributed by atoms with E-state index in [0.29, 0.717) is 32.8 Å². The van der Waals surface area contributed by atoms with E-state index in [-0.39, 0.29) is 11.5 Å². The quantitative estimate of drug-likeness (QED) is 0.0425. The lowest BCUT2D eigenvalue weighted by atomic mass is 9.98. The summed E-state index contributed by atoms with van der Waals surface area (Å²) in [6, 6.07) is 40.5. The molecule has 6 heteroatoms. The van der Waals surface area contributed by atoms with Gasteiger partial charge >= 0.3 is 0 Å². The molecule has 1 N–H and O–H groups in total. The molecule has 0 spiro atoms. The Balaban J connectivity index is 0.905. The fourth-order valence-corrected chi connectivity index (χ4v) is 7.12. The molecule has 284 valence electrons. The minimum atomic E-state index is -0.0967. The number of ketones is 1. The Kier molecular flexibility index (Phi) is 15.1. The second-order valence-corrected chi connectivity index (χ2v) is 14.4. The molecule has 0 saturated heterocycles. The highest BCUT2D eigenvalue weighted by Crippen LogP contribution is 2.27. The number of aliphatic hydroxyl groups is 1. The Morgan fingerprint density at radius 3 is 1.89 bits per heavy atom. The van der Waals surface area contributed by atoms with Crippen molar-refractivity contribution >= 4 is 27.6 Å². The first kappa shape index (κ1) is 39.5. The van der Waals surface area contributed by atoms with Crippen molar-refractivity contribution in [2.75, 3.05) is 26.4 Å². The summed E-state index contributed by atoms with van der Waals surface area (Å²) in [5.74, 6) is 0.107. The zero-order chi connectivity index (χ0) is 38.1. The fraction of sp³-hybridized carbons (Fsp3) is 0.327. The molecule has 0 aliphatic rings. The Morgan fingerprint density at radius 1 is 0.582 bits per heavy atom. The topological polar surface area (TPSA) is 81.5 Å². The van der Waals surface area contributed by atoms with E-state index in [0.717, 1.165) is 83.9 Å². The molecule has 6 aromatic rings. The number of carbonyl (C=O) groups is 1. The molecule has 0 saturated carbocycles. The molecule has 4 aromatic carbocycles. The molecule has 0 amide bonds. The van der Waals surface area contributed by atoms with Crippen molar-refractivity contribution in [3.63, 3.8) is 0 Å². The third-order valence-electron chi connectivity index (χ3n) is 10.0. The van der Waals surface area contributed by atoms with E-state index in [4.69, 9.17) is 19.4 Å². The molecule has 0 radical (unpaired) electrons. The number of benzene rings is 4. The molecule has 0 atom stereocenters. The lowest BCUT2D eigenvalue weighted by Crippen LogP contribution is -2.08. The number of ether oxygens (including phenoxy) is 2. The number of hydrogen-bond donors (Lipinski definition) is 1. The number of aryl methyl sites for hydroxylation is 1. The molecule has 6 rings (SSSR count). The van der Waals surface area contributed by atoms with Gasteiger partial charge in [0, 0.05) is 34.4 Å². The Labute approximate surface area is 326 Å². The maximum atomic E-state index is 11.1. The van der Waals surface area contributed by atoms with Gasteiger partial charge in [-0.05, 0) is 92.1 Å². The smallest absolute Gasteiger partial charge is 0.155 e. The number of pyridine rings is 2. The van der Waals surface area contributed by atoms with Crippen molar-refractivity contribution in [2.24, 2.45) is 0 Å². The molecule has 0 aliphatic heterocycles. The minimum absolute atomic E-state index is 0.0967. The Morgan fingerprint density at radius 2 is 1.18 bits per heavy atom. The van der Waals surface area contributed by atoms with Crippen LogP contribution in [0.2, 0.25) is 0 Å². The number of para-hydroxylation sites is 2. The number of aliphatic hydroxyl groups excluding tert-OH is 1. The average molecular weight is 735 g/mol. The zero-order valence-corrected chi connectivity index (χ0v) is 32.2. The monoisotopic (exact) mass is 734 g/mol. The SMILES string of the molecule is CC(=O)C=C(O)CCCCCCCCCc1cc(-c2cccc(CCOCCOCCc3cccc(-c4ccc5ccccc5n4)c3)c2)nc2ccccc12. The van der Waals surface area contributed by atoms with Gasteiger partial charge in [0.25, 0.3) is 0 Å². The predicted octanol–water partition coefficient (Wildman–Crippen LogP) is 11.6. The van der Waals surface area contributed by atoms with E-state index in [1.807, 2.05) is 12.1 Å². The summed E-state index contributed by atoms with van der Waals surface area (Å²) in [5, 5.41) is 12.1. The van der Waals surface area contributed by atoms with Crippen molar-refractivity contribution in [1.29, 1.82) is 0 Å². The maximum Gasteiger partial charge on any atom is 0.155 e. The third-order valence-corrected chi connectivity index (χ3v) is 10.0. The number of fused-ring (bicyclic) bond motifs is 2. The largest absolute Gasteiger partial charge is 0.512 e. The van der Waals surface area contributed by atoms with Gasteiger partial charge < -0.3 is 14.6 Å². The van der Waals surface area contributed by atoms with Crippen molar-refractivity contribution in [3.05, 3.63) is 144 Å². The van der Waals surface area contributed by atoms with Crippen LogP contribution in [0.4, 0.5) is 0 Å². The van der Waals surface area contributed by atoms with Crippen LogP contribution >= 0.6 is 0 Å². The molecular weight excluding hydrogens is 681 g/mol. The first-order chi connectivity index (χ1) is 27.0. The van der Waals surface area contributed by atoms with Gasteiger partial charge in [-0.15, -0.1) is 0 Å². The van der Waals surface area contributed by atoms with Crippen LogP contribution in [0.15, 0.2) is 127 Å². The highest BCUT2D eigenvalue weighted by Gasteiger charge is 2.09. The van der Waals surface area contributed by atoms with Crippen molar-refractivity contribution in [2.45, 2.75) is 77.6 Å². The molecule has 0 bridgehead atoms. The van der Waals surface area contributed by atoms with Crippen LogP contribution in [0.1, 0.15) is 75.0 Å². The number of hydrogen-bond acceptors (Lipinski definition) is 6. The van der Waals surface area contributed by atoms with Crippen molar-refractivity contribution in [3.8, 4) is 22.5 Å². The van der Waals surface area contributed by atoms with Gasteiger partial charge in [0.05, 0.1) is 54.6 Å². The lowest BCUT2D eigenvalue weighted by molar-refractivity contribution is -0.112. The van der Waals surface area contributed by atoms with Crippen LogP contribution in [0.5, 0.6) is 0 Å². The summed E-state index contributed by atoms with van der Waals surface area (Å²) in [7, 11) is 0. The highest BCUT2D eigenvalue weighted by atomic mass is 16.5. The van der Waals surface area contributed by atoms with Gasteiger partial charge in [-0.2, -0.15) is 0 Å². The number of carbonyl (C=O) groups excluding carboxylic acids is 1. The molecule has 55 heavy (non-hydrogen) atoms. The van der Waals surface area contributed by atoms with E-state index in [2.05, 4.69) is 103 Å². The van der Waals surface area contributed by atoms with Crippen LogP contribution in [-0.4, -0.2) is 47.3 Å². The lowest BCUT2D eigenvalue weighted by Gasteiger charge is -2.11. The van der Waals surface area contributed by atoms with E-state index in [1.165, 1.54) is 54.3 Å². The van der Waals surface area contributed by atoms with E-state index >= 15 is 0 Å². The van der Waals surface area contributed by atoms with Gasteiger partial charge in [-0.1, -0.05) is 111 Å². The number of rotatable bonds is 22. The summed E-state index contributed by atoms with van der Waals surface area (Å²) in [6.07, 6.45) is 12.5. The zero-order valence-electron chi connectivity index (χ0n) is 32.2. The number of aromatic nitrogens is 2. The Hall–Kier alpha value is -5.17. The first-order valence-electron chi connectivity index (χ1n) is 20.0. The molecule has 0 fully saturated rings. The number of nitrogens with zero attached hydrogens (tertiary/aromatic N) is 2. The van der Waals surface area contributed by atoms with Crippen LogP contribution in [0.3, 0.4) is 0 Å². The van der Waals surface area contributed by atoms with E-state index in [1.54, 1.807) is 0 Å². The van der Waals surface area contributed by atoms with Crippen molar-refractivity contribution in [1.82, 2.24) is 9.97 Å². The second-order valence-electron chi connectivity index (χ2n) is 14.4. The third kappa shape index (κ3) is 12.4. The van der Waals surface area contributed by atoms with Crippen LogP contribution in [-0.2, 0) is 33.5 Å². The summed E-state index contributed by atoms with van der Waals surface area (Å²) in [5.41, 5.74) is 10.1. The van der Waals surface area contributed by atoms with E-state index in [9.17, 15) is 9.90 Å². The fourth-order valence-electron chi connectivity index (χ4n) is 7.12. The standard InChI is InChI=1S/C49H54N2O4/c1-37(52)33-44(53)21-8-6-4-2-3-5-7-18-41-36-49(51-48-24-12-10-22-45(41)48)43-20-14-16-39(35-43)28-30-55-32-31-54-29-27-38-15-13-19-42(34-38)47-26-25-40-17-9-11-23-46(40)50-47/h9-17,19-20,22-26,33-36,53H,2-8,18,21,27-32H2,1H3. The maximum absolute atomic E-state index is 11.1. The van der Waals surface area contributed by atoms with Crippen LogP contribution in [0.25, 0.3) is 44.3 Å². The summed E-state index contributed by atoms with van der Waals surface area (Å²) in [6.45, 7) is 3.90. The van der Waals surface area contributed by atoms with Gasteiger partial charge in [0.15, 0.2) is 5.78 Å². The van der Waals surface area contributed by atoms with Gasteiger partial charge in [-0.3, -0.25) is 4.79 Å². The van der Waals surface area contributed by atoms with Gasteiger partial charge in [0.2, 0.25) is 0 Å². The first-order valence-corrected chi connectivity index (χ1v) is 20.0. The Bertz CT molecular complexity index is 2170. The molecule has 0 unspecified atom stereocenters. The van der Waals surface area contributed by atoms with Crippen LogP contribution in [0, 0.1) is 0 Å². The molecule has 2 aromatic heterocycles. The predicted molar refractivity (Wildman–Crippen MR) is 225 cm³/mol. The second kappa shape index (κ2) is 21.1. The average Bonchev–Trinajstić information content (AvgIpc) is 3.20. The summed E-state index contributed by atoms with van der Waals surface area (Å²) in [4.78, 5) is 21.0. The molecule has 0 aliphatic carbocycles. The molecule has 2 heterocycles. The normalized spacial score (nSPS) is 11.8. The van der Waals surface area contributed by atoms with Gasteiger partial charge in [0.1, 0.15) is 0 Å². The summed E-state index contributed by atoms with van der Waals surface area (Å²) < 4.78 is 11.9. The van der Waals surface area contributed by atoms with E-state index < -0.39 is 0 Å².